The molecular formula is C18H20ClN3O3. The smallest absolute Gasteiger partial charge is 0.257 e. The lowest BCUT2D eigenvalue weighted by molar-refractivity contribution is -0.100. The molecule has 0 radical (unpaired) electrons. The third-order valence-corrected chi connectivity index (χ3v) is 4.91. The van der Waals surface area contributed by atoms with Crippen LogP contribution in [0.15, 0.2) is 36.7 Å². The topological polar surface area (TPSA) is 56.6 Å². The van der Waals surface area contributed by atoms with Crippen LogP contribution in [0.1, 0.15) is 29.6 Å². The number of carbonyl (C=O) groups excluding carboxylic acids is 1. The van der Waals surface area contributed by atoms with Crippen molar-refractivity contribution in [1.82, 2.24) is 14.7 Å². The van der Waals surface area contributed by atoms with Crippen LogP contribution in [-0.4, -0.2) is 52.7 Å². The average Bonchev–Trinajstić information content (AvgIpc) is 3.33. The second kappa shape index (κ2) is 7.15. The summed E-state index contributed by atoms with van der Waals surface area (Å²) in [6.07, 6.45) is 6.02. The summed E-state index contributed by atoms with van der Waals surface area (Å²) in [4.78, 5) is 14.9. The minimum absolute atomic E-state index is 0.0294. The lowest BCUT2D eigenvalue weighted by atomic mass is 10.0. The first-order valence-corrected chi connectivity index (χ1v) is 8.95. The minimum Gasteiger partial charge on any atom is -0.348 e. The van der Waals surface area contributed by atoms with Crippen molar-refractivity contribution in [2.24, 2.45) is 0 Å². The molecule has 4 rings (SSSR count). The van der Waals surface area contributed by atoms with Crippen molar-refractivity contribution in [3.05, 3.63) is 47.2 Å². The van der Waals surface area contributed by atoms with E-state index >= 15 is 0 Å². The van der Waals surface area contributed by atoms with Gasteiger partial charge in [-0.1, -0.05) is 17.7 Å². The standard InChI is InChI=1S/C18H20ClN3O3/c19-14-4-3-5-15(10-14)22-12-13(11-20-22)17(23)21-7-2-1-6-16(21)18-24-8-9-25-18/h3-5,10-12,16,18H,1-2,6-9H2. The Morgan fingerprint density at radius 3 is 2.88 bits per heavy atom. The number of amides is 1. The number of halogens is 1. The first kappa shape index (κ1) is 16.6. The fraction of sp³-hybridized carbons (Fsp3) is 0.444. The molecule has 2 aromatic rings. The van der Waals surface area contributed by atoms with Gasteiger partial charge in [0, 0.05) is 17.8 Å². The maximum Gasteiger partial charge on any atom is 0.257 e. The van der Waals surface area contributed by atoms with E-state index in [1.807, 2.05) is 23.1 Å². The molecular weight excluding hydrogens is 342 g/mol. The van der Waals surface area contributed by atoms with Crippen LogP contribution in [0.4, 0.5) is 0 Å². The normalized spacial score (nSPS) is 21.6. The molecule has 1 aromatic heterocycles. The molecule has 1 unspecified atom stereocenters. The zero-order valence-electron chi connectivity index (χ0n) is 13.8. The molecule has 1 atom stereocenters. The summed E-state index contributed by atoms with van der Waals surface area (Å²) in [5.41, 5.74) is 1.38. The van der Waals surface area contributed by atoms with E-state index in [2.05, 4.69) is 5.10 Å². The van der Waals surface area contributed by atoms with E-state index in [1.165, 1.54) is 0 Å². The molecule has 2 aliphatic rings. The van der Waals surface area contributed by atoms with E-state index in [4.69, 9.17) is 21.1 Å². The van der Waals surface area contributed by atoms with E-state index in [-0.39, 0.29) is 18.2 Å². The van der Waals surface area contributed by atoms with Crippen molar-refractivity contribution >= 4 is 17.5 Å². The summed E-state index contributed by atoms with van der Waals surface area (Å²) in [5.74, 6) is -0.0305. The molecule has 0 N–H and O–H groups in total. The Morgan fingerprint density at radius 1 is 1.24 bits per heavy atom. The van der Waals surface area contributed by atoms with Gasteiger partial charge in [0.25, 0.3) is 5.91 Å². The molecule has 132 valence electrons. The first-order chi connectivity index (χ1) is 12.2. The highest BCUT2D eigenvalue weighted by molar-refractivity contribution is 6.30. The molecule has 0 bridgehead atoms. The van der Waals surface area contributed by atoms with Crippen molar-refractivity contribution in [3.8, 4) is 5.69 Å². The number of carbonyl (C=O) groups is 1. The number of hydrogen-bond donors (Lipinski definition) is 0. The predicted octanol–water partition coefficient (Wildman–Crippen LogP) is 2.89. The Labute approximate surface area is 151 Å². The van der Waals surface area contributed by atoms with Gasteiger partial charge in [0.05, 0.1) is 36.7 Å². The molecule has 3 heterocycles. The molecule has 1 amide bonds. The van der Waals surface area contributed by atoms with E-state index in [9.17, 15) is 4.79 Å². The summed E-state index contributed by atoms with van der Waals surface area (Å²) in [7, 11) is 0. The monoisotopic (exact) mass is 361 g/mol. The number of benzene rings is 1. The minimum atomic E-state index is -0.313. The largest absolute Gasteiger partial charge is 0.348 e. The lowest BCUT2D eigenvalue weighted by Crippen LogP contribution is -2.50. The molecule has 0 saturated carbocycles. The van der Waals surface area contributed by atoms with Gasteiger partial charge in [-0.3, -0.25) is 4.79 Å². The van der Waals surface area contributed by atoms with E-state index < -0.39 is 0 Å². The van der Waals surface area contributed by atoms with Gasteiger partial charge in [0.1, 0.15) is 0 Å². The summed E-state index contributed by atoms with van der Waals surface area (Å²) < 4.78 is 13.0. The zero-order chi connectivity index (χ0) is 17.2. The molecule has 25 heavy (non-hydrogen) atoms. The molecule has 2 aliphatic heterocycles. The van der Waals surface area contributed by atoms with E-state index in [0.29, 0.717) is 23.8 Å². The number of aromatic nitrogens is 2. The maximum absolute atomic E-state index is 13.0. The first-order valence-electron chi connectivity index (χ1n) is 8.57. The van der Waals surface area contributed by atoms with Crippen molar-refractivity contribution in [3.63, 3.8) is 0 Å². The fourth-order valence-corrected chi connectivity index (χ4v) is 3.63. The van der Waals surface area contributed by atoms with Gasteiger partial charge < -0.3 is 14.4 Å². The molecule has 0 spiro atoms. The van der Waals surface area contributed by atoms with Crippen LogP contribution in [0.3, 0.4) is 0 Å². The van der Waals surface area contributed by atoms with Gasteiger partial charge in [-0.2, -0.15) is 5.10 Å². The van der Waals surface area contributed by atoms with Crippen LogP contribution in [0.2, 0.25) is 5.02 Å². The Hall–Kier alpha value is -1.89. The van der Waals surface area contributed by atoms with Crippen molar-refractivity contribution in [2.75, 3.05) is 19.8 Å². The summed E-state index contributed by atoms with van der Waals surface area (Å²) >= 11 is 6.03. The Kier molecular flexibility index (Phi) is 4.74. The highest BCUT2D eigenvalue weighted by atomic mass is 35.5. The number of rotatable bonds is 3. The summed E-state index contributed by atoms with van der Waals surface area (Å²) in [6.45, 7) is 1.90. The number of likely N-dealkylation sites (tertiary alicyclic amines) is 1. The molecule has 7 heteroatoms. The number of hydrogen-bond acceptors (Lipinski definition) is 4. The van der Waals surface area contributed by atoms with Gasteiger partial charge in [0.15, 0.2) is 6.29 Å². The van der Waals surface area contributed by atoms with Crippen molar-refractivity contribution in [2.45, 2.75) is 31.6 Å². The van der Waals surface area contributed by atoms with Gasteiger partial charge in [-0.25, -0.2) is 4.68 Å². The third kappa shape index (κ3) is 3.42. The lowest BCUT2D eigenvalue weighted by Gasteiger charge is -2.37. The van der Waals surface area contributed by atoms with Crippen LogP contribution in [0, 0.1) is 0 Å². The van der Waals surface area contributed by atoms with Crippen LogP contribution in [0.25, 0.3) is 5.69 Å². The maximum atomic E-state index is 13.0. The number of ether oxygens (including phenoxy) is 2. The second-order valence-electron chi connectivity index (χ2n) is 6.33. The van der Waals surface area contributed by atoms with Gasteiger partial charge >= 0.3 is 0 Å². The number of piperidine rings is 1. The van der Waals surface area contributed by atoms with Gasteiger partial charge in [-0.05, 0) is 37.5 Å². The quantitative estimate of drug-likeness (QED) is 0.843. The van der Waals surface area contributed by atoms with Crippen molar-refractivity contribution < 1.29 is 14.3 Å². The average molecular weight is 362 g/mol. The summed E-state index contributed by atoms with van der Waals surface area (Å²) in [5, 5.41) is 4.95. The third-order valence-electron chi connectivity index (χ3n) is 4.67. The molecule has 1 aromatic carbocycles. The van der Waals surface area contributed by atoms with Crippen LogP contribution in [-0.2, 0) is 9.47 Å². The highest BCUT2D eigenvalue weighted by Gasteiger charge is 2.36. The predicted molar refractivity (Wildman–Crippen MR) is 92.9 cm³/mol. The number of nitrogens with zero attached hydrogens (tertiary/aromatic N) is 3. The van der Waals surface area contributed by atoms with Crippen LogP contribution < -0.4 is 0 Å². The van der Waals surface area contributed by atoms with Crippen LogP contribution >= 0.6 is 11.6 Å². The zero-order valence-corrected chi connectivity index (χ0v) is 14.6. The van der Waals surface area contributed by atoms with E-state index in [0.717, 1.165) is 31.5 Å². The highest BCUT2D eigenvalue weighted by Crippen LogP contribution is 2.26. The SMILES string of the molecule is O=C(c1cnn(-c2cccc(Cl)c2)c1)N1CCCCC1C1OCCO1. The molecule has 2 saturated heterocycles. The molecule has 0 aliphatic carbocycles. The Bertz CT molecular complexity index is 758. The molecule has 2 fully saturated rings. The van der Waals surface area contributed by atoms with Gasteiger partial charge in [0.2, 0.25) is 0 Å². The Balaban J connectivity index is 1.55. The molecule has 6 nitrogen and oxygen atoms in total. The van der Waals surface area contributed by atoms with Crippen LogP contribution in [0.5, 0.6) is 0 Å². The fourth-order valence-electron chi connectivity index (χ4n) is 3.45. The van der Waals surface area contributed by atoms with Gasteiger partial charge in [-0.15, -0.1) is 0 Å². The van der Waals surface area contributed by atoms with Crippen molar-refractivity contribution in [1.29, 1.82) is 0 Å². The summed E-state index contributed by atoms with van der Waals surface area (Å²) in [6, 6.07) is 7.35. The van der Waals surface area contributed by atoms with E-state index in [1.54, 1.807) is 23.1 Å². The second-order valence-corrected chi connectivity index (χ2v) is 6.76. The Morgan fingerprint density at radius 2 is 2.08 bits per heavy atom.